The molecule has 0 aliphatic heterocycles. The first-order valence-corrected chi connectivity index (χ1v) is 6.32. The first-order valence-electron chi connectivity index (χ1n) is 6.32. The standard InChI is InChI=1S/C14H23NO2/c1-6-11(4)17-9-14(16)13-8-10(3)15(7-2)12(13)5/h8,11H,6-7,9H2,1-5H3. The molecule has 0 radical (unpaired) electrons. The minimum Gasteiger partial charge on any atom is -0.370 e. The highest BCUT2D eigenvalue weighted by molar-refractivity contribution is 5.98. The van der Waals surface area contributed by atoms with Crippen molar-refractivity contribution in [3.63, 3.8) is 0 Å². The van der Waals surface area contributed by atoms with Gasteiger partial charge < -0.3 is 9.30 Å². The van der Waals surface area contributed by atoms with Crippen LogP contribution in [0.3, 0.4) is 0 Å². The van der Waals surface area contributed by atoms with Crippen molar-refractivity contribution in [2.75, 3.05) is 6.61 Å². The van der Waals surface area contributed by atoms with Gasteiger partial charge in [0.25, 0.3) is 0 Å². The van der Waals surface area contributed by atoms with E-state index in [4.69, 9.17) is 4.74 Å². The van der Waals surface area contributed by atoms with Gasteiger partial charge in [-0.1, -0.05) is 6.92 Å². The van der Waals surface area contributed by atoms with Crippen LogP contribution in [0.4, 0.5) is 0 Å². The number of aryl methyl sites for hydroxylation is 1. The van der Waals surface area contributed by atoms with E-state index in [0.717, 1.165) is 29.9 Å². The number of Topliss-reactive ketones (excluding diaryl/α,β-unsaturated/α-hetero) is 1. The molecule has 0 aromatic carbocycles. The fraction of sp³-hybridized carbons (Fsp3) is 0.643. The Bertz CT molecular complexity index is 393. The molecule has 0 N–H and O–H groups in total. The molecule has 3 nitrogen and oxygen atoms in total. The number of hydrogen-bond donors (Lipinski definition) is 0. The van der Waals surface area contributed by atoms with Crippen molar-refractivity contribution < 1.29 is 9.53 Å². The minimum absolute atomic E-state index is 0.0816. The SMILES string of the molecule is CCC(C)OCC(=O)c1cc(C)n(CC)c1C. The summed E-state index contributed by atoms with van der Waals surface area (Å²) in [5, 5.41) is 0. The first kappa shape index (κ1) is 14.0. The fourth-order valence-corrected chi connectivity index (χ4v) is 1.98. The summed E-state index contributed by atoms with van der Waals surface area (Å²) >= 11 is 0. The van der Waals surface area contributed by atoms with Crippen molar-refractivity contribution in [3.8, 4) is 0 Å². The number of ketones is 1. The van der Waals surface area contributed by atoms with E-state index in [0.29, 0.717) is 0 Å². The van der Waals surface area contributed by atoms with E-state index in [9.17, 15) is 4.79 Å². The van der Waals surface area contributed by atoms with Crippen LogP contribution in [0, 0.1) is 13.8 Å². The zero-order valence-electron chi connectivity index (χ0n) is 11.5. The van der Waals surface area contributed by atoms with Crippen LogP contribution in [0.25, 0.3) is 0 Å². The van der Waals surface area contributed by atoms with Crippen LogP contribution in [0.1, 0.15) is 48.9 Å². The summed E-state index contributed by atoms with van der Waals surface area (Å²) in [4.78, 5) is 12.0. The summed E-state index contributed by atoms with van der Waals surface area (Å²) in [6, 6.07) is 1.96. The maximum Gasteiger partial charge on any atom is 0.190 e. The minimum atomic E-state index is 0.0816. The average Bonchev–Trinajstić information content (AvgIpc) is 2.60. The predicted molar refractivity (Wildman–Crippen MR) is 69.6 cm³/mol. The van der Waals surface area contributed by atoms with E-state index >= 15 is 0 Å². The number of aromatic nitrogens is 1. The molecule has 17 heavy (non-hydrogen) atoms. The Balaban J connectivity index is 2.76. The van der Waals surface area contributed by atoms with Gasteiger partial charge in [0, 0.05) is 23.5 Å². The molecule has 1 rings (SSSR count). The molecule has 0 saturated carbocycles. The second kappa shape index (κ2) is 6.01. The Morgan fingerprint density at radius 2 is 2.06 bits per heavy atom. The number of rotatable bonds is 6. The van der Waals surface area contributed by atoms with Gasteiger partial charge in [-0.05, 0) is 40.2 Å². The van der Waals surface area contributed by atoms with E-state index in [2.05, 4.69) is 18.4 Å². The topological polar surface area (TPSA) is 31.2 Å². The second-order valence-electron chi connectivity index (χ2n) is 4.48. The van der Waals surface area contributed by atoms with Crippen molar-refractivity contribution in [2.24, 2.45) is 0 Å². The number of carbonyl (C=O) groups excluding carboxylic acids is 1. The van der Waals surface area contributed by atoms with E-state index in [1.165, 1.54) is 0 Å². The molecule has 96 valence electrons. The van der Waals surface area contributed by atoms with Gasteiger partial charge in [0.15, 0.2) is 5.78 Å². The zero-order valence-corrected chi connectivity index (χ0v) is 11.5. The molecule has 0 amide bonds. The van der Waals surface area contributed by atoms with Gasteiger partial charge >= 0.3 is 0 Å². The van der Waals surface area contributed by atoms with E-state index < -0.39 is 0 Å². The highest BCUT2D eigenvalue weighted by atomic mass is 16.5. The Hall–Kier alpha value is -1.09. The third-order valence-corrected chi connectivity index (χ3v) is 3.26. The second-order valence-corrected chi connectivity index (χ2v) is 4.48. The normalized spacial score (nSPS) is 12.8. The molecule has 0 aliphatic rings. The highest BCUT2D eigenvalue weighted by Gasteiger charge is 2.15. The van der Waals surface area contributed by atoms with Crippen LogP contribution in [0.5, 0.6) is 0 Å². The number of carbonyl (C=O) groups is 1. The van der Waals surface area contributed by atoms with Crippen molar-refractivity contribution in [2.45, 2.75) is 53.7 Å². The zero-order chi connectivity index (χ0) is 13.0. The Morgan fingerprint density at radius 3 is 2.53 bits per heavy atom. The van der Waals surface area contributed by atoms with E-state index in [1.807, 2.05) is 26.8 Å². The van der Waals surface area contributed by atoms with Gasteiger partial charge in [0.1, 0.15) is 6.61 Å². The molecule has 1 unspecified atom stereocenters. The summed E-state index contributed by atoms with van der Waals surface area (Å²) < 4.78 is 7.64. The molecular weight excluding hydrogens is 214 g/mol. The summed E-state index contributed by atoms with van der Waals surface area (Å²) in [7, 11) is 0. The molecule has 0 saturated heterocycles. The summed E-state index contributed by atoms with van der Waals surface area (Å²) in [6.45, 7) is 11.2. The Kier molecular flexibility index (Phi) is 4.94. The number of hydrogen-bond acceptors (Lipinski definition) is 2. The first-order chi connectivity index (χ1) is 8.01. The van der Waals surface area contributed by atoms with Gasteiger partial charge in [-0.2, -0.15) is 0 Å². The van der Waals surface area contributed by atoms with Gasteiger partial charge in [-0.25, -0.2) is 0 Å². The van der Waals surface area contributed by atoms with Crippen LogP contribution in [-0.2, 0) is 11.3 Å². The van der Waals surface area contributed by atoms with Crippen LogP contribution in [0.2, 0.25) is 0 Å². The molecule has 1 aromatic heterocycles. The van der Waals surface area contributed by atoms with Crippen molar-refractivity contribution in [1.29, 1.82) is 0 Å². The monoisotopic (exact) mass is 237 g/mol. The fourth-order valence-electron chi connectivity index (χ4n) is 1.98. The summed E-state index contributed by atoms with van der Waals surface area (Å²) in [6.07, 6.45) is 1.08. The molecular formula is C14H23NO2. The summed E-state index contributed by atoms with van der Waals surface area (Å²) in [5.74, 6) is 0.0816. The lowest BCUT2D eigenvalue weighted by Crippen LogP contribution is -2.15. The molecule has 0 aliphatic carbocycles. The maximum absolute atomic E-state index is 12.0. The predicted octanol–water partition coefficient (Wildman–Crippen LogP) is 3.12. The van der Waals surface area contributed by atoms with E-state index in [1.54, 1.807) is 0 Å². The Labute approximate surface area is 104 Å². The third-order valence-electron chi connectivity index (χ3n) is 3.26. The number of ether oxygens (including phenoxy) is 1. The third kappa shape index (κ3) is 3.19. The number of nitrogens with zero attached hydrogens (tertiary/aromatic N) is 1. The van der Waals surface area contributed by atoms with Gasteiger partial charge in [0.2, 0.25) is 0 Å². The van der Waals surface area contributed by atoms with Gasteiger partial charge in [0.05, 0.1) is 6.10 Å². The molecule has 0 bridgehead atoms. The van der Waals surface area contributed by atoms with Gasteiger partial charge in [-0.3, -0.25) is 4.79 Å². The largest absolute Gasteiger partial charge is 0.370 e. The Morgan fingerprint density at radius 1 is 1.41 bits per heavy atom. The van der Waals surface area contributed by atoms with Crippen LogP contribution in [-0.4, -0.2) is 23.1 Å². The van der Waals surface area contributed by atoms with Crippen LogP contribution < -0.4 is 0 Å². The molecule has 3 heteroatoms. The lowest BCUT2D eigenvalue weighted by molar-refractivity contribution is 0.0511. The van der Waals surface area contributed by atoms with E-state index in [-0.39, 0.29) is 18.5 Å². The van der Waals surface area contributed by atoms with Crippen molar-refractivity contribution >= 4 is 5.78 Å². The molecule has 1 heterocycles. The average molecular weight is 237 g/mol. The molecule has 0 spiro atoms. The van der Waals surface area contributed by atoms with Crippen LogP contribution >= 0.6 is 0 Å². The molecule has 0 fully saturated rings. The highest BCUT2D eigenvalue weighted by Crippen LogP contribution is 2.16. The summed E-state index contributed by atoms with van der Waals surface area (Å²) in [5.41, 5.74) is 2.98. The maximum atomic E-state index is 12.0. The van der Waals surface area contributed by atoms with Crippen molar-refractivity contribution in [3.05, 3.63) is 23.0 Å². The lowest BCUT2D eigenvalue weighted by atomic mass is 10.1. The quantitative estimate of drug-likeness (QED) is 0.712. The van der Waals surface area contributed by atoms with Gasteiger partial charge in [-0.15, -0.1) is 0 Å². The lowest BCUT2D eigenvalue weighted by Gasteiger charge is -2.10. The smallest absolute Gasteiger partial charge is 0.190 e. The van der Waals surface area contributed by atoms with Crippen molar-refractivity contribution in [1.82, 2.24) is 4.57 Å². The molecule has 1 atom stereocenters. The van der Waals surface area contributed by atoms with Crippen LogP contribution in [0.15, 0.2) is 6.07 Å². The molecule has 1 aromatic rings.